The van der Waals surface area contributed by atoms with Crippen LogP contribution in [-0.2, 0) is 6.42 Å². The van der Waals surface area contributed by atoms with Crippen LogP contribution in [0.4, 0.5) is 13.2 Å². The summed E-state index contributed by atoms with van der Waals surface area (Å²) in [6, 6.07) is 1.08. The largest absolute Gasteiger partial charge is 0.204 e. The molecule has 0 fully saturated rings. The van der Waals surface area contributed by atoms with Gasteiger partial charge in [0.15, 0.2) is 17.5 Å². The summed E-state index contributed by atoms with van der Waals surface area (Å²) >= 11 is 3.22. The van der Waals surface area contributed by atoms with Gasteiger partial charge in [0.2, 0.25) is 0 Å². The van der Waals surface area contributed by atoms with Crippen LogP contribution in [0.25, 0.3) is 0 Å². The molecule has 70 valence electrons. The molecular weight excluding hydrogens is 245 g/mol. The lowest BCUT2D eigenvalue weighted by Gasteiger charge is -2.05. The lowest BCUT2D eigenvalue weighted by atomic mass is 10.1. The summed E-state index contributed by atoms with van der Waals surface area (Å²) in [5, 5.41) is 0. The lowest BCUT2D eigenvalue weighted by molar-refractivity contribution is 0.441. The Morgan fingerprint density at radius 2 is 1.92 bits per heavy atom. The van der Waals surface area contributed by atoms with Gasteiger partial charge in [-0.25, -0.2) is 13.2 Å². The van der Waals surface area contributed by atoms with E-state index < -0.39 is 17.5 Å². The fourth-order valence-electron chi connectivity index (χ4n) is 1.63. The van der Waals surface area contributed by atoms with Crippen molar-refractivity contribution in [3.63, 3.8) is 0 Å². The molecule has 1 unspecified atom stereocenters. The van der Waals surface area contributed by atoms with Gasteiger partial charge >= 0.3 is 0 Å². The van der Waals surface area contributed by atoms with Gasteiger partial charge in [0.05, 0.1) is 0 Å². The van der Waals surface area contributed by atoms with E-state index in [0.29, 0.717) is 18.4 Å². The molecule has 0 aromatic heterocycles. The summed E-state index contributed by atoms with van der Waals surface area (Å²) in [5.74, 6) is -3.52. The van der Waals surface area contributed by atoms with Gasteiger partial charge in [0.1, 0.15) is 0 Å². The summed E-state index contributed by atoms with van der Waals surface area (Å²) in [7, 11) is 0. The van der Waals surface area contributed by atoms with E-state index in [1.807, 2.05) is 0 Å². The van der Waals surface area contributed by atoms with Crippen LogP contribution < -0.4 is 0 Å². The summed E-state index contributed by atoms with van der Waals surface area (Å²) in [6.45, 7) is 0. The van der Waals surface area contributed by atoms with Crippen LogP contribution in [-0.4, -0.2) is 0 Å². The minimum absolute atomic E-state index is 0.183. The minimum Gasteiger partial charge on any atom is -0.204 e. The van der Waals surface area contributed by atoms with Crippen LogP contribution in [0.15, 0.2) is 6.07 Å². The van der Waals surface area contributed by atoms with Gasteiger partial charge in [-0.2, -0.15) is 0 Å². The Bertz CT molecular complexity index is 362. The molecule has 1 aliphatic carbocycles. The van der Waals surface area contributed by atoms with Crippen molar-refractivity contribution >= 4 is 15.9 Å². The van der Waals surface area contributed by atoms with Crippen LogP contribution in [0.5, 0.6) is 0 Å². The Balaban J connectivity index is 2.68. The average Bonchev–Trinajstić information content (AvgIpc) is 2.43. The van der Waals surface area contributed by atoms with Gasteiger partial charge in [0, 0.05) is 10.4 Å². The van der Waals surface area contributed by atoms with Crippen molar-refractivity contribution in [1.82, 2.24) is 0 Å². The second-order valence-electron chi connectivity index (χ2n) is 3.07. The summed E-state index contributed by atoms with van der Waals surface area (Å²) in [5.41, 5.74) is 0.845. The number of hydrogen-bond donors (Lipinski definition) is 0. The molecular formula is C9H6BrF3. The molecule has 0 saturated heterocycles. The molecule has 0 saturated carbocycles. The summed E-state index contributed by atoms with van der Waals surface area (Å²) in [4.78, 5) is -0.183. The van der Waals surface area contributed by atoms with E-state index in [1.54, 1.807) is 0 Å². The molecule has 0 radical (unpaired) electrons. The normalized spacial score (nSPS) is 20.5. The fraction of sp³-hybridized carbons (Fsp3) is 0.333. The molecule has 13 heavy (non-hydrogen) atoms. The Morgan fingerprint density at radius 3 is 2.62 bits per heavy atom. The van der Waals surface area contributed by atoms with E-state index in [0.717, 1.165) is 6.07 Å². The Morgan fingerprint density at radius 1 is 1.23 bits per heavy atom. The Hall–Kier alpha value is -0.510. The smallest absolute Gasteiger partial charge is 0.194 e. The van der Waals surface area contributed by atoms with E-state index in [1.165, 1.54) is 0 Å². The molecule has 1 aliphatic rings. The molecule has 0 spiro atoms. The van der Waals surface area contributed by atoms with E-state index in [4.69, 9.17) is 0 Å². The number of benzene rings is 1. The van der Waals surface area contributed by atoms with Crippen LogP contribution in [0, 0.1) is 17.5 Å². The van der Waals surface area contributed by atoms with Gasteiger partial charge in [-0.1, -0.05) is 15.9 Å². The highest BCUT2D eigenvalue weighted by Crippen LogP contribution is 2.40. The third-order valence-electron chi connectivity index (χ3n) is 2.27. The third kappa shape index (κ3) is 1.27. The van der Waals surface area contributed by atoms with E-state index in [9.17, 15) is 13.2 Å². The first-order valence-corrected chi connectivity index (χ1v) is 4.83. The first-order valence-electron chi connectivity index (χ1n) is 3.91. The summed E-state index contributed by atoms with van der Waals surface area (Å²) in [6.07, 6.45) is 1.29. The van der Waals surface area contributed by atoms with Crippen LogP contribution >= 0.6 is 15.9 Å². The maximum absolute atomic E-state index is 13.2. The maximum Gasteiger partial charge on any atom is 0.194 e. The molecule has 2 rings (SSSR count). The molecule has 1 aromatic rings. The number of fused-ring (bicyclic) bond motifs is 1. The van der Waals surface area contributed by atoms with E-state index in [-0.39, 0.29) is 10.4 Å². The zero-order valence-corrected chi connectivity index (χ0v) is 8.17. The number of halogens is 4. The second kappa shape index (κ2) is 3.01. The molecule has 0 aliphatic heterocycles. The zero-order valence-electron chi connectivity index (χ0n) is 6.58. The monoisotopic (exact) mass is 250 g/mol. The highest BCUT2D eigenvalue weighted by molar-refractivity contribution is 9.09. The van der Waals surface area contributed by atoms with Crippen molar-refractivity contribution in [2.75, 3.05) is 0 Å². The number of alkyl halides is 1. The van der Waals surface area contributed by atoms with E-state index >= 15 is 0 Å². The SMILES string of the molecule is Fc1cc2c(c(F)c1F)C(Br)CC2. The van der Waals surface area contributed by atoms with Gasteiger partial charge in [-0.05, 0) is 24.5 Å². The van der Waals surface area contributed by atoms with Crippen molar-refractivity contribution in [3.05, 3.63) is 34.6 Å². The molecule has 4 heteroatoms. The average molecular weight is 251 g/mol. The van der Waals surface area contributed by atoms with Gasteiger partial charge < -0.3 is 0 Å². The predicted octanol–water partition coefficient (Wildman–Crippen LogP) is 3.49. The van der Waals surface area contributed by atoms with Crippen molar-refractivity contribution in [3.8, 4) is 0 Å². The van der Waals surface area contributed by atoms with Crippen molar-refractivity contribution in [2.45, 2.75) is 17.7 Å². The number of hydrogen-bond acceptors (Lipinski definition) is 0. The van der Waals surface area contributed by atoms with Gasteiger partial charge in [-0.3, -0.25) is 0 Å². The Labute approximate surface area is 81.9 Å². The first kappa shape index (κ1) is 9.06. The molecule has 1 aromatic carbocycles. The molecule has 0 nitrogen and oxygen atoms in total. The molecule has 0 N–H and O–H groups in total. The van der Waals surface area contributed by atoms with Crippen molar-refractivity contribution in [1.29, 1.82) is 0 Å². The summed E-state index contributed by atoms with van der Waals surface area (Å²) < 4.78 is 38.7. The van der Waals surface area contributed by atoms with Gasteiger partial charge in [-0.15, -0.1) is 0 Å². The van der Waals surface area contributed by atoms with Crippen LogP contribution in [0.3, 0.4) is 0 Å². The van der Waals surface area contributed by atoms with Crippen molar-refractivity contribution in [2.24, 2.45) is 0 Å². The quantitative estimate of drug-likeness (QED) is 0.489. The lowest BCUT2D eigenvalue weighted by Crippen LogP contribution is -1.98. The highest BCUT2D eigenvalue weighted by atomic mass is 79.9. The predicted molar refractivity (Wildman–Crippen MR) is 46.3 cm³/mol. The fourth-order valence-corrected chi connectivity index (χ4v) is 2.35. The zero-order chi connectivity index (χ0) is 9.59. The van der Waals surface area contributed by atoms with Crippen molar-refractivity contribution < 1.29 is 13.2 Å². The maximum atomic E-state index is 13.2. The minimum atomic E-state index is -1.37. The van der Waals surface area contributed by atoms with Crippen LogP contribution in [0.2, 0.25) is 0 Å². The number of aryl methyl sites for hydroxylation is 1. The molecule has 0 amide bonds. The standard InChI is InChI=1S/C9H6BrF3/c10-5-2-1-4-3-6(11)8(12)9(13)7(4)5/h3,5H,1-2H2. The first-order chi connectivity index (χ1) is 6.11. The topological polar surface area (TPSA) is 0 Å². The molecule has 0 heterocycles. The third-order valence-corrected chi connectivity index (χ3v) is 3.18. The Kier molecular flexibility index (Phi) is 2.10. The van der Waals surface area contributed by atoms with E-state index in [2.05, 4.69) is 15.9 Å². The second-order valence-corrected chi connectivity index (χ2v) is 4.17. The number of rotatable bonds is 0. The highest BCUT2D eigenvalue weighted by Gasteiger charge is 2.27. The van der Waals surface area contributed by atoms with Gasteiger partial charge in [0.25, 0.3) is 0 Å². The molecule has 0 bridgehead atoms. The molecule has 1 atom stereocenters. The van der Waals surface area contributed by atoms with Crippen LogP contribution in [0.1, 0.15) is 22.4 Å².